The molecule has 3 rings (SSSR count). The zero-order valence-electron chi connectivity index (χ0n) is 12.8. The number of ether oxygens (including phenoxy) is 1. The molecular weight excluding hydrogens is 322 g/mol. The molecule has 0 saturated heterocycles. The molecule has 1 aliphatic rings. The fraction of sp³-hybridized carbons (Fsp3) is 0.467. The van der Waals surface area contributed by atoms with Gasteiger partial charge in [0.25, 0.3) is 0 Å². The summed E-state index contributed by atoms with van der Waals surface area (Å²) in [5.74, 6) is -1.08. The number of benzene rings is 1. The van der Waals surface area contributed by atoms with E-state index in [-0.39, 0.29) is 0 Å². The van der Waals surface area contributed by atoms with Crippen molar-refractivity contribution in [1.82, 2.24) is 14.3 Å². The maximum absolute atomic E-state index is 14.2. The van der Waals surface area contributed by atoms with E-state index in [1.807, 2.05) is 9.47 Å². The van der Waals surface area contributed by atoms with Gasteiger partial charge >= 0.3 is 0 Å². The molecule has 2 aromatic rings. The number of aromatic nitrogens is 3. The van der Waals surface area contributed by atoms with E-state index in [0.29, 0.717) is 48.8 Å². The Labute approximate surface area is 138 Å². The first-order valence-corrected chi connectivity index (χ1v) is 7.85. The molecule has 0 spiro atoms. The summed E-state index contributed by atoms with van der Waals surface area (Å²) in [6.45, 7) is 2.18. The van der Waals surface area contributed by atoms with Gasteiger partial charge in [-0.3, -0.25) is 0 Å². The van der Waals surface area contributed by atoms with Crippen LogP contribution in [0.5, 0.6) is 0 Å². The third-order valence-corrected chi connectivity index (χ3v) is 4.38. The lowest BCUT2D eigenvalue weighted by atomic mass is 10.0. The predicted octanol–water partition coefficient (Wildman–Crippen LogP) is 2.75. The topological polar surface area (TPSA) is 35.2 Å². The Morgan fingerprint density at radius 2 is 2.17 bits per heavy atom. The molecule has 0 fully saturated rings. The molecule has 1 aromatic heterocycles. The molecule has 0 radical (unpaired) electrons. The maximum atomic E-state index is 14.2. The fourth-order valence-electron chi connectivity index (χ4n) is 2.85. The number of anilines is 1. The summed E-state index contributed by atoms with van der Waals surface area (Å²) in [5.41, 5.74) is 1.14. The van der Waals surface area contributed by atoms with Crippen LogP contribution in [-0.2, 0) is 24.4 Å². The standard InChI is InChI=1S/C15H18F2N4OS/c1-22-6-5-19-9-18-21(15(19)23)10-20-4-2-3-11-7-12(16)8-13(17)14(11)20/h7-9H,2-6,10H2,1H3. The summed E-state index contributed by atoms with van der Waals surface area (Å²) in [7, 11) is 1.63. The minimum absolute atomic E-state index is 0.342. The Balaban J connectivity index is 1.86. The Morgan fingerprint density at radius 3 is 2.96 bits per heavy atom. The fourth-order valence-corrected chi connectivity index (χ4v) is 3.09. The van der Waals surface area contributed by atoms with Crippen molar-refractivity contribution in [3.63, 3.8) is 0 Å². The number of hydrogen-bond acceptors (Lipinski definition) is 4. The smallest absolute Gasteiger partial charge is 0.199 e. The van der Waals surface area contributed by atoms with Crippen LogP contribution in [-0.4, -0.2) is 34.6 Å². The van der Waals surface area contributed by atoms with Gasteiger partial charge in [-0.25, -0.2) is 13.5 Å². The highest BCUT2D eigenvalue weighted by Gasteiger charge is 2.22. The van der Waals surface area contributed by atoms with Gasteiger partial charge in [0.2, 0.25) is 0 Å². The maximum Gasteiger partial charge on any atom is 0.199 e. The van der Waals surface area contributed by atoms with Crippen molar-refractivity contribution in [2.24, 2.45) is 0 Å². The third-order valence-electron chi connectivity index (χ3n) is 3.94. The largest absolute Gasteiger partial charge is 0.383 e. The lowest BCUT2D eigenvalue weighted by molar-refractivity contribution is 0.186. The number of aryl methyl sites for hydroxylation is 1. The highest BCUT2D eigenvalue weighted by Crippen LogP contribution is 2.31. The number of hydrogen-bond donors (Lipinski definition) is 0. The second-order valence-corrected chi connectivity index (χ2v) is 5.87. The van der Waals surface area contributed by atoms with Gasteiger partial charge in [0, 0.05) is 26.3 Å². The van der Waals surface area contributed by atoms with E-state index in [1.165, 1.54) is 6.07 Å². The van der Waals surface area contributed by atoms with E-state index in [9.17, 15) is 8.78 Å². The van der Waals surface area contributed by atoms with Crippen LogP contribution in [0.15, 0.2) is 18.5 Å². The average Bonchev–Trinajstić information content (AvgIpc) is 2.85. The molecule has 5 nitrogen and oxygen atoms in total. The van der Waals surface area contributed by atoms with Crippen molar-refractivity contribution >= 4 is 17.9 Å². The highest BCUT2D eigenvalue weighted by molar-refractivity contribution is 7.71. The SMILES string of the molecule is COCCn1cnn(CN2CCCc3cc(F)cc(F)c32)c1=S. The van der Waals surface area contributed by atoms with E-state index in [2.05, 4.69) is 5.10 Å². The molecule has 0 saturated carbocycles. The van der Waals surface area contributed by atoms with Crippen LogP contribution in [0.25, 0.3) is 0 Å². The predicted molar refractivity (Wildman–Crippen MR) is 85.0 cm³/mol. The van der Waals surface area contributed by atoms with Crippen molar-refractivity contribution < 1.29 is 13.5 Å². The summed E-state index contributed by atoms with van der Waals surface area (Å²) in [5, 5.41) is 4.26. The number of methoxy groups -OCH3 is 1. The summed E-state index contributed by atoms with van der Waals surface area (Å²) in [6.07, 6.45) is 3.16. The van der Waals surface area contributed by atoms with Crippen molar-refractivity contribution in [1.29, 1.82) is 0 Å². The van der Waals surface area contributed by atoms with E-state index < -0.39 is 11.6 Å². The average molecular weight is 340 g/mol. The van der Waals surface area contributed by atoms with E-state index in [0.717, 1.165) is 12.5 Å². The molecule has 0 unspecified atom stereocenters. The van der Waals surface area contributed by atoms with Crippen molar-refractivity contribution in [2.45, 2.75) is 26.1 Å². The first kappa shape index (κ1) is 16.1. The van der Waals surface area contributed by atoms with E-state index in [1.54, 1.807) is 18.1 Å². The first-order valence-electron chi connectivity index (χ1n) is 7.44. The zero-order chi connectivity index (χ0) is 16.4. The Morgan fingerprint density at radius 1 is 1.35 bits per heavy atom. The zero-order valence-corrected chi connectivity index (χ0v) is 13.7. The molecule has 1 aromatic carbocycles. The van der Waals surface area contributed by atoms with Gasteiger partial charge in [0.1, 0.15) is 24.6 Å². The van der Waals surface area contributed by atoms with Gasteiger partial charge in [0.05, 0.1) is 12.3 Å². The molecule has 0 atom stereocenters. The molecule has 0 aliphatic carbocycles. The Hall–Kier alpha value is -1.80. The van der Waals surface area contributed by atoms with Crippen LogP contribution in [0.4, 0.5) is 14.5 Å². The summed E-state index contributed by atoms with van der Waals surface area (Å²) >= 11 is 5.39. The number of halogens is 2. The van der Waals surface area contributed by atoms with Gasteiger partial charge in [-0.2, -0.15) is 5.10 Å². The monoisotopic (exact) mass is 340 g/mol. The van der Waals surface area contributed by atoms with E-state index >= 15 is 0 Å². The van der Waals surface area contributed by atoms with Gasteiger partial charge in [-0.15, -0.1) is 0 Å². The minimum atomic E-state index is -0.538. The Kier molecular flexibility index (Phi) is 4.72. The van der Waals surface area contributed by atoms with Crippen LogP contribution < -0.4 is 4.90 Å². The van der Waals surface area contributed by atoms with Crippen molar-refractivity contribution in [3.8, 4) is 0 Å². The lowest BCUT2D eigenvalue weighted by Gasteiger charge is -2.31. The lowest BCUT2D eigenvalue weighted by Crippen LogP contribution is -2.33. The molecule has 124 valence electrons. The van der Waals surface area contributed by atoms with Crippen LogP contribution in [0.2, 0.25) is 0 Å². The van der Waals surface area contributed by atoms with Crippen LogP contribution in [0.1, 0.15) is 12.0 Å². The first-order chi connectivity index (χ1) is 11.1. The van der Waals surface area contributed by atoms with Crippen LogP contribution in [0, 0.1) is 16.4 Å². The molecule has 0 bridgehead atoms. The minimum Gasteiger partial charge on any atom is -0.383 e. The summed E-state index contributed by atoms with van der Waals surface area (Å²) < 4.78 is 36.6. The quantitative estimate of drug-likeness (QED) is 0.784. The second kappa shape index (κ2) is 6.76. The van der Waals surface area contributed by atoms with Gasteiger partial charge in [-0.1, -0.05) is 0 Å². The van der Waals surface area contributed by atoms with E-state index in [4.69, 9.17) is 17.0 Å². The molecule has 0 N–H and O–H groups in total. The molecule has 8 heteroatoms. The second-order valence-electron chi connectivity index (χ2n) is 5.50. The Bertz CT molecular complexity index is 758. The summed E-state index contributed by atoms with van der Waals surface area (Å²) in [4.78, 5) is 1.86. The van der Waals surface area contributed by atoms with Crippen LogP contribution in [0.3, 0.4) is 0 Å². The molecule has 23 heavy (non-hydrogen) atoms. The molecular formula is C15H18F2N4OS. The third kappa shape index (κ3) is 3.28. The van der Waals surface area contributed by atoms with Crippen molar-refractivity contribution in [3.05, 3.63) is 40.4 Å². The van der Waals surface area contributed by atoms with Gasteiger partial charge in [0.15, 0.2) is 4.77 Å². The number of fused-ring (bicyclic) bond motifs is 1. The highest BCUT2D eigenvalue weighted by atomic mass is 32.1. The van der Waals surface area contributed by atoms with Gasteiger partial charge < -0.3 is 14.2 Å². The normalized spacial score (nSPS) is 14.1. The summed E-state index contributed by atoms with van der Waals surface area (Å²) in [6, 6.07) is 2.33. The number of nitrogens with zero attached hydrogens (tertiary/aromatic N) is 4. The molecule has 2 heterocycles. The van der Waals surface area contributed by atoms with Crippen LogP contribution >= 0.6 is 12.2 Å². The van der Waals surface area contributed by atoms with Gasteiger partial charge in [-0.05, 0) is 36.7 Å². The molecule has 1 aliphatic heterocycles. The number of rotatable bonds is 5. The molecule has 0 amide bonds. The van der Waals surface area contributed by atoms with Crippen molar-refractivity contribution in [2.75, 3.05) is 25.2 Å².